The Morgan fingerprint density at radius 2 is 2.15 bits per heavy atom. The van der Waals surface area contributed by atoms with Crippen molar-refractivity contribution < 1.29 is 17.7 Å². The van der Waals surface area contributed by atoms with Gasteiger partial charge in [0, 0.05) is 13.0 Å². The molecule has 1 aliphatic heterocycles. The third-order valence-electron chi connectivity index (χ3n) is 4.48. The summed E-state index contributed by atoms with van der Waals surface area (Å²) in [5, 5.41) is 15.8. The van der Waals surface area contributed by atoms with Gasteiger partial charge in [0.05, 0.1) is 0 Å². The van der Waals surface area contributed by atoms with Gasteiger partial charge in [-0.3, -0.25) is 10.1 Å². The van der Waals surface area contributed by atoms with Crippen LogP contribution in [0, 0.1) is 13.8 Å². The monoisotopic (exact) mass is 413 g/mol. The van der Waals surface area contributed by atoms with Crippen LogP contribution in [-0.4, -0.2) is 46.6 Å². The summed E-state index contributed by atoms with van der Waals surface area (Å²) in [5.74, 6) is -0.163. The Bertz CT molecular complexity index is 902. The number of unbranched alkanes of at least 4 members (excludes halogenated alkanes) is 1. The molecule has 3 heterocycles. The van der Waals surface area contributed by atoms with Crippen molar-refractivity contribution in [3.63, 3.8) is 0 Å². The molecule has 1 N–H and O–H groups in total. The number of carbonyl (C=O) groups excluding carboxylic acids is 1. The van der Waals surface area contributed by atoms with Gasteiger partial charge < -0.3 is 4.52 Å². The molecule has 11 heteroatoms. The summed E-state index contributed by atoms with van der Waals surface area (Å²) < 4.78 is 32.3. The number of rotatable bonds is 7. The smallest absolute Gasteiger partial charge is 0.249 e. The standard InChI is InChI=1S/C16H23N5O4S2/c1-4-5-8-13-18-19-16(26-13)17-15(22)12-7-6-9-21(12)27(23,24)14-10(2)20-25-11(14)3/h12H,4-9H2,1-3H3,(H,17,19,22). The van der Waals surface area contributed by atoms with Gasteiger partial charge in [0.15, 0.2) is 5.76 Å². The zero-order valence-corrected chi connectivity index (χ0v) is 17.2. The summed E-state index contributed by atoms with van der Waals surface area (Å²) >= 11 is 1.32. The lowest BCUT2D eigenvalue weighted by Crippen LogP contribution is -2.43. The zero-order chi connectivity index (χ0) is 19.6. The third kappa shape index (κ3) is 4.04. The second-order valence-corrected chi connectivity index (χ2v) is 9.41. The van der Waals surface area contributed by atoms with Gasteiger partial charge in [-0.1, -0.05) is 29.8 Å². The summed E-state index contributed by atoms with van der Waals surface area (Å²) in [6, 6.07) is -0.785. The van der Waals surface area contributed by atoms with E-state index in [0.29, 0.717) is 23.7 Å². The molecule has 3 rings (SSSR count). The van der Waals surface area contributed by atoms with E-state index < -0.39 is 16.1 Å². The zero-order valence-electron chi connectivity index (χ0n) is 15.6. The van der Waals surface area contributed by atoms with Crippen LogP contribution in [-0.2, 0) is 21.2 Å². The molecule has 9 nitrogen and oxygen atoms in total. The average Bonchev–Trinajstić information content (AvgIpc) is 3.33. The first-order valence-corrected chi connectivity index (χ1v) is 11.2. The minimum Gasteiger partial charge on any atom is -0.360 e. The van der Waals surface area contributed by atoms with Crippen molar-refractivity contribution in [3.8, 4) is 0 Å². The Labute approximate surface area is 162 Å². The molecule has 1 atom stereocenters. The lowest BCUT2D eigenvalue weighted by atomic mass is 10.2. The molecule has 0 spiro atoms. The first-order valence-electron chi connectivity index (χ1n) is 8.92. The van der Waals surface area contributed by atoms with Gasteiger partial charge in [-0.2, -0.15) is 4.31 Å². The van der Waals surface area contributed by atoms with Gasteiger partial charge >= 0.3 is 0 Å². The SMILES string of the molecule is CCCCc1nnc(NC(=O)C2CCCN2S(=O)(=O)c2c(C)noc2C)s1. The van der Waals surface area contributed by atoms with E-state index >= 15 is 0 Å². The fourth-order valence-electron chi connectivity index (χ4n) is 3.17. The first kappa shape index (κ1) is 19.9. The summed E-state index contributed by atoms with van der Waals surface area (Å²) in [5.41, 5.74) is 0.295. The van der Waals surface area contributed by atoms with E-state index in [1.165, 1.54) is 15.6 Å². The highest BCUT2D eigenvalue weighted by atomic mass is 32.2. The minimum atomic E-state index is -3.87. The maximum atomic E-state index is 13.0. The largest absolute Gasteiger partial charge is 0.360 e. The molecule has 1 saturated heterocycles. The number of nitrogens with one attached hydrogen (secondary N) is 1. The maximum absolute atomic E-state index is 13.0. The Hall–Kier alpha value is -1.85. The molecule has 1 fully saturated rings. The maximum Gasteiger partial charge on any atom is 0.249 e. The normalized spacial score (nSPS) is 18.1. The molecule has 1 amide bonds. The second kappa shape index (κ2) is 8.03. The van der Waals surface area contributed by atoms with Gasteiger partial charge in [-0.15, -0.1) is 10.2 Å². The lowest BCUT2D eigenvalue weighted by molar-refractivity contribution is -0.119. The minimum absolute atomic E-state index is 0.0416. The quantitative estimate of drug-likeness (QED) is 0.739. The van der Waals surface area contributed by atoms with Gasteiger partial charge in [-0.25, -0.2) is 8.42 Å². The van der Waals surface area contributed by atoms with E-state index in [0.717, 1.165) is 24.3 Å². The Kier molecular flexibility index (Phi) is 5.92. The van der Waals surface area contributed by atoms with E-state index in [1.807, 2.05) is 0 Å². The molecule has 0 radical (unpaired) electrons. The van der Waals surface area contributed by atoms with Crippen LogP contribution >= 0.6 is 11.3 Å². The summed E-state index contributed by atoms with van der Waals surface area (Å²) in [4.78, 5) is 12.8. The van der Waals surface area contributed by atoms with Crippen LogP contribution in [0.15, 0.2) is 9.42 Å². The number of amides is 1. The number of anilines is 1. The van der Waals surface area contributed by atoms with Crippen LogP contribution in [0.1, 0.15) is 49.1 Å². The highest BCUT2D eigenvalue weighted by Crippen LogP contribution is 2.30. The molecule has 0 aliphatic carbocycles. The summed E-state index contributed by atoms with van der Waals surface area (Å²) in [7, 11) is -3.87. The highest BCUT2D eigenvalue weighted by Gasteiger charge is 2.42. The van der Waals surface area contributed by atoms with Crippen molar-refractivity contribution in [2.24, 2.45) is 0 Å². The van der Waals surface area contributed by atoms with Crippen LogP contribution < -0.4 is 5.32 Å². The third-order valence-corrected chi connectivity index (χ3v) is 7.53. The van der Waals surface area contributed by atoms with Crippen LogP contribution in [0.3, 0.4) is 0 Å². The van der Waals surface area contributed by atoms with E-state index in [9.17, 15) is 13.2 Å². The number of carbonyl (C=O) groups is 1. The molecule has 0 saturated carbocycles. The van der Waals surface area contributed by atoms with Crippen LogP contribution in [0.5, 0.6) is 0 Å². The van der Waals surface area contributed by atoms with Crippen molar-refractivity contribution in [3.05, 3.63) is 16.5 Å². The molecule has 0 aromatic carbocycles. The summed E-state index contributed by atoms with van der Waals surface area (Å²) in [6.45, 7) is 5.50. The molecule has 0 bridgehead atoms. The van der Waals surface area contributed by atoms with Crippen LogP contribution in [0.25, 0.3) is 0 Å². The molecule has 1 aliphatic rings. The van der Waals surface area contributed by atoms with E-state index in [1.54, 1.807) is 13.8 Å². The van der Waals surface area contributed by atoms with Gasteiger partial charge in [0.25, 0.3) is 0 Å². The number of hydrogen-bond donors (Lipinski definition) is 1. The highest BCUT2D eigenvalue weighted by molar-refractivity contribution is 7.89. The lowest BCUT2D eigenvalue weighted by Gasteiger charge is -2.22. The number of nitrogens with zero attached hydrogens (tertiary/aromatic N) is 4. The fraction of sp³-hybridized carbons (Fsp3) is 0.625. The van der Waals surface area contributed by atoms with Crippen molar-refractivity contribution in [2.75, 3.05) is 11.9 Å². The number of aryl methyl sites for hydroxylation is 3. The Morgan fingerprint density at radius 1 is 1.37 bits per heavy atom. The van der Waals surface area contributed by atoms with Crippen molar-refractivity contribution >= 4 is 32.4 Å². The summed E-state index contributed by atoms with van der Waals surface area (Å²) in [6.07, 6.45) is 3.95. The van der Waals surface area contributed by atoms with Crippen LogP contribution in [0.2, 0.25) is 0 Å². The van der Waals surface area contributed by atoms with Crippen LogP contribution in [0.4, 0.5) is 5.13 Å². The van der Waals surface area contributed by atoms with Gasteiger partial charge in [0.1, 0.15) is 21.6 Å². The molecule has 2 aromatic rings. The average molecular weight is 414 g/mol. The van der Waals surface area contributed by atoms with E-state index in [2.05, 4.69) is 27.6 Å². The first-order chi connectivity index (χ1) is 12.8. The molecule has 2 aromatic heterocycles. The van der Waals surface area contributed by atoms with E-state index in [-0.39, 0.29) is 23.1 Å². The topological polar surface area (TPSA) is 118 Å². The molecular formula is C16H23N5O4S2. The Morgan fingerprint density at radius 3 is 2.81 bits per heavy atom. The van der Waals surface area contributed by atoms with Crippen molar-refractivity contribution in [1.82, 2.24) is 19.7 Å². The predicted molar refractivity (Wildman–Crippen MR) is 100 cm³/mol. The van der Waals surface area contributed by atoms with Crippen molar-refractivity contribution in [2.45, 2.75) is 63.8 Å². The Balaban J connectivity index is 1.76. The molecule has 27 heavy (non-hydrogen) atoms. The molecule has 148 valence electrons. The number of sulfonamides is 1. The predicted octanol–water partition coefficient (Wildman–Crippen LogP) is 2.28. The van der Waals surface area contributed by atoms with Gasteiger partial charge in [0.2, 0.25) is 21.1 Å². The second-order valence-electron chi connectivity index (χ2n) is 6.52. The van der Waals surface area contributed by atoms with Crippen molar-refractivity contribution in [1.29, 1.82) is 0 Å². The van der Waals surface area contributed by atoms with E-state index in [4.69, 9.17) is 4.52 Å². The number of aromatic nitrogens is 3. The van der Waals surface area contributed by atoms with Gasteiger partial charge in [-0.05, 0) is 33.1 Å². The fourth-order valence-corrected chi connectivity index (χ4v) is 5.91. The molecular weight excluding hydrogens is 390 g/mol. The number of hydrogen-bond acceptors (Lipinski definition) is 8. The molecule has 1 unspecified atom stereocenters.